The van der Waals surface area contributed by atoms with Crippen LogP contribution >= 0.6 is 15.9 Å². The van der Waals surface area contributed by atoms with E-state index in [0.29, 0.717) is 11.3 Å². The minimum Gasteiger partial charge on any atom is -0.239 e. The van der Waals surface area contributed by atoms with Gasteiger partial charge in [-0.05, 0) is 30.3 Å². The minimum atomic E-state index is -1.57. The molecule has 0 saturated heterocycles. The predicted molar refractivity (Wildman–Crippen MR) is 97.9 cm³/mol. The molecule has 0 fully saturated rings. The van der Waals surface area contributed by atoms with Gasteiger partial charge in [-0.3, -0.25) is 0 Å². The molecule has 0 aliphatic heterocycles. The first kappa shape index (κ1) is 16.7. The number of nitrogens with zero attached hydrogens (tertiary/aromatic N) is 1. The number of halogens is 2. The van der Waals surface area contributed by atoms with Crippen molar-refractivity contribution in [1.29, 1.82) is 0 Å². The summed E-state index contributed by atoms with van der Waals surface area (Å²) in [7, 11) is -1.57. The van der Waals surface area contributed by atoms with Crippen molar-refractivity contribution < 1.29 is 4.39 Å². The van der Waals surface area contributed by atoms with Gasteiger partial charge in [0.1, 0.15) is 19.6 Å². The van der Waals surface area contributed by atoms with Crippen LogP contribution in [0.2, 0.25) is 19.6 Å². The van der Waals surface area contributed by atoms with Crippen LogP contribution in [0.4, 0.5) is 10.1 Å². The van der Waals surface area contributed by atoms with Crippen LogP contribution in [0, 0.1) is 17.3 Å². The van der Waals surface area contributed by atoms with Crippen LogP contribution in [0.5, 0.6) is 0 Å². The van der Waals surface area contributed by atoms with Crippen LogP contribution in [-0.2, 0) is 0 Å². The normalized spacial score (nSPS) is 11.8. The first-order valence-corrected chi connectivity index (χ1v) is 11.3. The molecule has 0 amide bonds. The van der Waals surface area contributed by atoms with Gasteiger partial charge in [0.15, 0.2) is 0 Å². The summed E-state index contributed by atoms with van der Waals surface area (Å²) in [6.07, 6.45) is 0. The maximum absolute atomic E-state index is 14.1. The first-order valence-electron chi connectivity index (χ1n) is 6.97. The van der Waals surface area contributed by atoms with Crippen LogP contribution in [0.3, 0.4) is 0 Å². The average Bonchev–Trinajstić information content (AvgIpc) is 2.43. The summed E-state index contributed by atoms with van der Waals surface area (Å²) in [5.74, 6) is 2.79. The Kier molecular flexibility index (Phi) is 5.33. The van der Waals surface area contributed by atoms with Gasteiger partial charge < -0.3 is 0 Å². The second-order valence-corrected chi connectivity index (χ2v) is 11.6. The van der Waals surface area contributed by atoms with E-state index in [9.17, 15) is 4.39 Å². The lowest BCUT2D eigenvalue weighted by Gasteiger charge is -2.06. The third kappa shape index (κ3) is 4.94. The van der Waals surface area contributed by atoms with Gasteiger partial charge in [0.05, 0.1) is 5.69 Å². The topological polar surface area (TPSA) is 12.4 Å². The molecule has 22 heavy (non-hydrogen) atoms. The standard InChI is InChI=1S/C18H17BrFNSi/c1-22(2,3)12-11-18(16-9-4-5-10-17(16)20)21-15-8-6-7-14(19)13-15/h4-10,13H,1-3H3. The van der Waals surface area contributed by atoms with Crippen molar-refractivity contribution in [3.63, 3.8) is 0 Å². The summed E-state index contributed by atoms with van der Waals surface area (Å²) < 4.78 is 15.0. The highest BCUT2D eigenvalue weighted by atomic mass is 79.9. The van der Waals surface area contributed by atoms with Gasteiger partial charge in [-0.2, -0.15) is 0 Å². The number of hydrogen-bond acceptors (Lipinski definition) is 1. The molecule has 0 bridgehead atoms. The van der Waals surface area contributed by atoms with E-state index in [-0.39, 0.29) is 5.82 Å². The van der Waals surface area contributed by atoms with Gasteiger partial charge in [-0.1, -0.05) is 59.7 Å². The number of aliphatic imine (C=N–C) groups is 1. The van der Waals surface area contributed by atoms with E-state index < -0.39 is 8.07 Å². The van der Waals surface area contributed by atoms with Crippen molar-refractivity contribution in [2.45, 2.75) is 19.6 Å². The summed E-state index contributed by atoms with van der Waals surface area (Å²) in [5.41, 5.74) is 4.92. The molecular weight excluding hydrogens is 357 g/mol. The van der Waals surface area contributed by atoms with E-state index >= 15 is 0 Å². The monoisotopic (exact) mass is 373 g/mol. The van der Waals surface area contributed by atoms with Gasteiger partial charge in [0, 0.05) is 10.0 Å². The first-order chi connectivity index (χ1) is 10.3. The van der Waals surface area contributed by atoms with E-state index in [2.05, 4.69) is 52.0 Å². The third-order valence-corrected chi connectivity index (χ3v) is 4.10. The highest BCUT2D eigenvalue weighted by Gasteiger charge is 2.11. The fraction of sp³-hybridized carbons (Fsp3) is 0.167. The van der Waals surface area contributed by atoms with Crippen molar-refractivity contribution >= 4 is 35.4 Å². The molecule has 0 radical (unpaired) electrons. The zero-order chi connectivity index (χ0) is 16.2. The highest BCUT2D eigenvalue weighted by Crippen LogP contribution is 2.20. The molecule has 4 heteroatoms. The molecule has 0 atom stereocenters. The number of rotatable bonds is 2. The maximum atomic E-state index is 14.1. The Bertz CT molecular complexity index is 766. The Hall–Kier alpha value is -1.70. The lowest BCUT2D eigenvalue weighted by molar-refractivity contribution is 0.625. The Morgan fingerprint density at radius 2 is 1.82 bits per heavy atom. The fourth-order valence-electron chi connectivity index (χ4n) is 1.73. The molecule has 0 heterocycles. The molecular formula is C18H17BrFNSi. The molecule has 0 unspecified atom stereocenters. The zero-order valence-corrected chi connectivity index (χ0v) is 15.4. The Morgan fingerprint density at radius 1 is 1.09 bits per heavy atom. The Labute approximate surface area is 140 Å². The van der Waals surface area contributed by atoms with E-state index in [1.807, 2.05) is 24.3 Å². The molecule has 112 valence electrons. The van der Waals surface area contributed by atoms with E-state index in [0.717, 1.165) is 10.2 Å². The molecule has 0 aromatic heterocycles. The summed E-state index contributed by atoms with van der Waals surface area (Å²) in [6, 6.07) is 14.2. The molecule has 2 rings (SSSR count). The van der Waals surface area contributed by atoms with E-state index in [4.69, 9.17) is 0 Å². The van der Waals surface area contributed by atoms with Crippen LogP contribution in [-0.4, -0.2) is 13.8 Å². The molecule has 2 aromatic rings. The summed E-state index contributed by atoms with van der Waals surface area (Å²) in [6.45, 7) is 6.45. The van der Waals surface area contributed by atoms with Crippen molar-refractivity contribution in [1.82, 2.24) is 0 Å². The molecule has 0 N–H and O–H groups in total. The summed E-state index contributed by atoms with van der Waals surface area (Å²) in [4.78, 5) is 4.55. The van der Waals surface area contributed by atoms with Crippen molar-refractivity contribution in [3.05, 3.63) is 64.4 Å². The van der Waals surface area contributed by atoms with Gasteiger partial charge in [-0.15, -0.1) is 5.54 Å². The highest BCUT2D eigenvalue weighted by molar-refractivity contribution is 9.10. The van der Waals surface area contributed by atoms with Crippen LogP contribution in [0.25, 0.3) is 0 Å². The molecule has 0 spiro atoms. The summed E-state index contributed by atoms with van der Waals surface area (Å²) in [5, 5.41) is 0. The maximum Gasteiger partial charge on any atom is 0.133 e. The molecule has 0 aliphatic carbocycles. The Morgan fingerprint density at radius 3 is 2.45 bits per heavy atom. The second-order valence-electron chi connectivity index (χ2n) is 5.92. The van der Waals surface area contributed by atoms with Gasteiger partial charge in [0.2, 0.25) is 0 Å². The lowest BCUT2D eigenvalue weighted by Crippen LogP contribution is -2.17. The molecule has 1 nitrogen and oxygen atoms in total. The second kappa shape index (κ2) is 7.04. The molecule has 0 aliphatic rings. The largest absolute Gasteiger partial charge is 0.239 e. The van der Waals surface area contributed by atoms with Crippen molar-refractivity contribution in [2.24, 2.45) is 4.99 Å². The smallest absolute Gasteiger partial charge is 0.133 e. The minimum absolute atomic E-state index is 0.305. The average molecular weight is 374 g/mol. The molecule has 0 saturated carbocycles. The quantitative estimate of drug-likeness (QED) is 0.369. The zero-order valence-electron chi connectivity index (χ0n) is 12.8. The van der Waals surface area contributed by atoms with Crippen LogP contribution in [0.1, 0.15) is 5.56 Å². The molecule has 2 aromatic carbocycles. The SMILES string of the molecule is C[Si](C)(C)C#CC(=Nc1cccc(Br)c1)c1ccccc1F. The summed E-state index contributed by atoms with van der Waals surface area (Å²) >= 11 is 3.42. The van der Waals surface area contributed by atoms with Gasteiger partial charge >= 0.3 is 0 Å². The van der Waals surface area contributed by atoms with Gasteiger partial charge in [-0.25, -0.2) is 9.38 Å². The third-order valence-electron chi connectivity index (χ3n) is 2.73. The number of benzene rings is 2. The van der Waals surface area contributed by atoms with E-state index in [1.165, 1.54) is 6.07 Å². The Balaban J connectivity index is 2.55. The van der Waals surface area contributed by atoms with Crippen molar-refractivity contribution in [2.75, 3.05) is 0 Å². The lowest BCUT2D eigenvalue weighted by atomic mass is 10.1. The van der Waals surface area contributed by atoms with Crippen LogP contribution in [0.15, 0.2) is 58.0 Å². The fourth-order valence-corrected chi connectivity index (χ4v) is 2.61. The van der Waals surface area contributed by atoms with Crippen molar-refractivity contribution in [3.8, 4) is 11.5 Å². The van der Waals surface area contributed by atoms with Crippen LogP contribution < -0.4 is 0 Å². The van der Waals surface area contributed by atoms with Gasteiger partial charge in [0.25, 0.3) is 0 Å². The predicted octanol–water partition coefficient (Wildman–Crippen LogP) is 5.59. The number of hydrogen-bond donors (Lipinski definition) is 0. The van der Waals surface area contributed by atoms with E-state index in [1.54, 1.807) is 18.2 Å².